The Bertz CT molecular complexity index is 799. The Hall–Kier alpha value is -3.14. The lowest BCUT2D eigenvalue weighted by Crippen LogP contribution is -2.13. The number of nitrogens with one attached hydrogen (secondary N) is 1. The summed E-state index contributed by atoms with van der Waals surface area (Å²) >= 11 is 0. The van der Waals surface area contributed by atoms with Crippen molar-refractivity contribution in [2.45, 2.75) is 0 Å². The molecule has 0 atom stereocenters. The molecule has 23 heavy (non-hydrogen) atoms. The van der Waals surface area contributed by atoms with Gasteiger partial charge < -0.3 is 10.1 Å². The first-order valence-corrected chi connectivity index (χ1v) is 7.23. The highest BCUT2D eigenvalue weighted by Crippen LogP contribution is 2.25. The minimum atomic E-state index is -0.185. The largest absolute Gasteiger partial charge is 0.497 e. The summed E-state index contributed by atoms with van der Waals surface area (Å²) in [5.41, 5.74) is 3.05. The molecular formula is C19H16N2O2. The van der Waals surface area contributed by atoms with Crippen LogP contribution in [0, 0.1) is 0 Å². The summed E-state index contributed by atoms with van der Waals surface area (Å²) < 4.78 is 5.17. The molecule has 0 aliphatic carbocycles. The van der Waals surface area contributed by atoms with Crippen LogP contribution in [0.25, 0.3) is 11.1 Å². The molecule has 0 radical (unpaired) electrons. The van der Waals surface area contributed by atoms with E-state index < -0.39 is 0 Å². The van der Waals surface area contributed by atoms with Crippen LogP contribution in [0.1, 0.15) is 10.4 Å². The number of methoxy groups -OCH3 is 1. The molecule has 0 fully saturated rings. The van der Waals surface area contributed by atoms with E-state index >= 15 is 0 Å². The molecule has 0 bridgehead atoms. The number of benzene rings is 2. The van der Waals surface area contributed by atoms with Gasteiger partial charge in [-0.1, -0.05) is 30.3 Å². The zero-order valence-corrected chi connectivity index (χ0v) is 12.7. The van der Waals surface area contributed by atoms with Gasteiger partial charge in [-0.05, 0) is 41.5 Å². The minimum absolute atomic E-state index is 0.185. The fourth-order valence-corrected chi connectivity index (χ4v) is 2.32. The second-order valence-electron chi connectivity index (χ2n) is 4.97. The number of para-hydroxylation sites is 1. The topological polar surface area (TPSA) is 51.2 Å². The molecule has 2 aromatic carbocycles. The minimum Gasteiger partial charge on any atom is -0.497 e. The number of hydrogen-bond donors (Lipinski definition) is 1. The van der Waals surface area contributed by atoms with Gasteiger partial charge in [0.15, 0.2) is 0 Å². The molecule has 4 nitrogen and oxygen atoms in total. The number of anilines is 1. The first-order chi connectivity index (χ1) is 11.3. The Morgan fingerprint density at radius 2 is 1.74 bits per heavy atom. The maximum absolute atomic E-state index is 12.6. The van der Waals surface area contributed by atoms with Gasteiger partial charge >= 0.3 is 0 Å². The quantitative estimate of drug-likeness (QED) is 0.792. The van der Waals surface area contributed by atoms with Crippen LogP contribution >= 0.6 is 0 Å². The molecule has 1 heterocycles. The molecule has 0 unspecified atom stereocenters. The smallest absolute Gasteiger partial charge is 0.257 e. The predicted octanol–water partition coefficient (Wildman–Crippen LogP) is 4.01. The number of carbonyl (C=O) groups is 1. The van der Waals surface area contributed by atoms with E-state index in [1.807, 2.05) is 60.7 Å². The van der Waals surface area contributed by atoms with E-state index in [2.05, 4.69) is 10.3 Å². The van der Waals surface area contributed by atoms with Crippen molar-refractivity contribution in [3.8, 4) is 16.9 Å². The Morgan fingerprint density at radius 3 is 2.43 bits per heavy atom. The van der Waals surface area contributed by atoms with Gasteiger partial charge in [-0.15, -0.1) is 0 Å². The van der Waals surface area contributed by atoms with Crippen LogP contribution in [0.15, 0.2) is 73.1 Å². The second-order valence-corrected chi connectivity index (χ2v) is 4.97. The molecule has 114 valence electrons. The van der Waals surface area contributed by atoms with Gasteiger partial charge in [0.1, 0.15) is 5.75 Å². The van der Waals surface area contributed by atoms with E-state index in [1.165, 1.54) is 0 Å². The summed E-state index contributed by atoms with van der Waals surface area (Å²) in [6.45, 7) is 0. The number of rotatable bonds is 4. The van der Waals surface area contributed by atoms with Gasteiger partial charge in [-0.25, -0.2) is 0 Å². The van der Waals surface area contributed by atoms with Crippen LogP contribution in [-0.2, 0) is 0 Å². The highest BCUT2D eigenvalue weighted by atomic mass is 16.5. The summed E-state index contributed by atoms with van der Waals surface area (Å²) in [6, 6.07) is 18.8. The van der Waals surface area contributed by atoms with Crippen molar-refractivity contribution in [2.75, 3.05) is 12.4 Å². The van der Waals surface area contributed by atoms with E-state index in [0.717, 1.165) is 22.6 Å². The summed E-state index contributed by atoms with van der Waals surface area (Å²) in [6.07, 6.45) is 3.26. The maximum atomic E-state index is 12.6. The van der Waals surface area contributed by atoms with Crippen molar-refractivity contribution in [3.63, 3.8) is 0 Å². The van der Waals surface area contributed by atoms with Crippen LogP contribution < -0.4 is 10.1 Å². The lowest BCUT2D eigenvalue weighted by atomic mass is 10.0. The van der Waals surface area contributed by atoms with Gasteiger partial charge in [-0.3, -0.25) is 9.78 Å². The van der Waals surface area contributed by atoms with Gasteiger partial charge in [0.25, 0.3) is 5.91 Å². The van der Waals surface area contributed by atoms with Crippen molar-refractivity contribution in [1.29, 1.82) is 0 Å². The lowest BCUT2D eigenvalue weighted by Gasteiger charge is -2.10. The highest BCUT2D eigenvalue weighted by Gasteiger charge is 2.13. The van der Waals surface area contributed by atoms with Crippen molar-refractivity contribution in [2.24, 2.45) is 0 Å². The molecule has 3 rings (SSSR count). The first-order valence-electron chi connectivity index (χ1n) is 7.23. The third kappa shape index (κ3) is 3.37. The normalized spacial score (nSPS) is 10.1. The van der Waals surface area contributed by atoms with Crippen molar-refractivity contribution < 1.29 is 9.53 Å². The van der Waals surface area contributed by atoms with Gasteiger partial charge in [0.05, 0.1) is 12.7 Å². The zero-order valence-electron chi connectivity index (χ0n) is 12.7. The van der Waals surface area contributed by atoms with E-state index in [4.69, 9.17) is 4.74 Å². The molecule has 3 aromatic rings. The summed E-state index contributed by atoms with van der Waals surface area (Å²) in [5.74, 6) is 0.591. The van der Waals surface area contributed by atoms with E-state index in [1.54, 1.807) is 19.5 Å². The van der Waals surface area contributed by atoms with Crippen LogP contribution in [0.3, 0.4) is 0 Å². The molecule has 0 saturated heterocycles. The van der Waals surface area contributed by atoms with E-state index in [-0.39, 0.29) is 5.91 Å². The number of nitrogens with zero attached hydrogens (tertiary/aromatic N) is 1. The number of hydrogen-bond acceptors (Lipinski definition) is 3. The van der Waals surface area contributed by atoms with Crippen LogP contribution in [-0.4, -0.2) is 18.0 Å². The molecule has 0 aliphatic heterocycles. The summed E-state index contributed by atoms with van der Waals surface area (Å²) in [4.78, 5) is 16.6. The Labute approximate surface area is 134 Å². The van der Waals surface area contributed by atoms with Crippen LogP contribution in [0.2, 0.25) is 0 Å². The van der Waals surface area contributed by atoms with Gasteiger partial charge in [-0.2, -0.15) is 0 Å². The highest BCUT2D eigenvalue weighted by molar-refractivity contribution is 6.08. The summed E-state index contributed by atoms with van der Waals surface area (Å²) in [5, 5.41) is 2.89. The molecule has 0 aliphatic rings. The van der Waals surface area contributed by atoms with Gasteiger partial charge in [0.2, 0.25) is 0 Å². The summed E-state index contributed by atoms with van der Waals surface area (Å²) in [7, 11) is 1.63. The Morgan fingerprint density at radius 1 is 1.00 bits per heavy atom. The third-order valence-corrected chi connectivity index (χ3v) is 3.50. The average Bonchev–Trinajstić information content (AvgIpc) is 2.62. The standard InChI is InChI=1S/C19H16N2O2/c1-23-16-9-7-14(8-10-16)17-11-12-20-13-18(17)19(22)21-15-5-3-2-4-6-15/h2-13H,1H3,(H,21,22). The van der Waals surface area contributed by atoms with E-state index in [9.17, 15) is 4.79 Å². The number of ether oxygens (including phenoxy) is 1. The van der Waals surface area contributed by atoms with Gasteiger partial charge in [0, 0.05) is 18.1 Å². The number of aromatic nitrogens is 1. The van der Waals surface area contributed by atoms with Crippen LogP contribution in [0.4, 0.5) is 5.69 Å². The van der Waals surface area contributed by atoms with Crippen molar-refractivity contribution >= 4 is 11.6 Å². The third-order valence-electron chi connectivity index (χ3n) is 3.50. The molecule has 0 spiro atoms. The lowest BCUT2D eigenvalue weighted by molar-refractivity contribution is 0.102. The molecule has 4 heteroatoms. The first kappa shape index (κ1) is 14.8. The fraction of sp³-hybridized carbons (Fsp3) is 0.0526. The zero-order chi connectivity index (χ0) is 16.1. The second kappa shape index (κ2) is 6.75. The van der Waals surface area contributed by atoms with E-state index in [0.29, 0.717) is 5.56 Å². The molecule has 1 amide bonds. The SMILES string of the molecule is COc1ccc(-c2ccncc2C(=O)Nc2ccccc2)cc1. The molecule has 1 aromatic heterocycles. The average molecular weight is 304 g/mol. The molecular weight excluding hydrogens is 288 g/mol. The number of amides is 1. The number of carbonyl (C=O) groups excluding carboxylic acids is 1. The molecule has 0 saturated carbocycles. The maximum Gasteiger partial charge on any atom is 0.257 e. The van der Waals surface area contributed by atoms with Crippen molar-refractivity contribution in [1.82, 2.24) is 4.98 Å². The Kier molecular flexibility index (Phi) is 4.34. The van der Waals surface area contributed by atoms with Crippen LogP contribution in [0.5, 0.6) is 5.75 Å². The monoisotopic (exact) mass is 304 g/mol. The van der Waals surface area contributed by atoms with Crippen molar-refractivity contribution in [3.05, 3.63) is 78.6 Å². The number of pyridine rings is 1. The fourth-order valence-electron chi connectivity index (χ4n) is 2.32. The Balaban J connectivity index is 1.92. The molecule has 1 N–H and O–H groups in total. The predicted molar refractivity (Wildman–Crippen MR) is 90.6 cm³/mol.